The molecular weight excluding hydrogens is 278 g/mol. The molecule has 20 heavy (non-hydrogen) atoms. The van der Waals surface area contributed by atoms with Gasteiger partial charge in [0.05, 0.1) is 10.8 Å². The Morgan fingerprint density at radius 2 is 1.75 bits per heavy atom. The minimum absolute atomic E-state index is 0.0708. The number of carbonyl (C=O) groups excluding carboxylic acids is 1. The predicted octanol–water partition coefficient (Wildman–Crippen LogP) is 4.64. The van der Waals surface area contributed by atoms with E-state index in [1.54, 1.807) is 6.92 Å². The van der Waals surface area contributed by atoms with E-state index in [0.29, 0.717) is 0 Å². The lowest BCUT2D eigenvalue weighted by molar-refractivity contribution is 0.0990. The first-order chi connectivity index (χ1) is 9.47. The summed E-state index contributed by atoms with van der Waals surface area (Å²) in [6, 6.07) is 10.8. The lowest BCUT2D eigenvalue weighted by Crippen LogP contribution is -2.15. The third-order valence-corrected chi connectivity index (χ3v) is 4.01. The highest BCUT2D eigenvalue weighted by atomic mass is 32.2. The molecule has 0 radical (unpaired) electrons. The number of benzene rings is 2. The van der Waals surface area contributed by atoms with Gasteiger partial charge in [-0.3, -0.25) is 4.79 Å². The Labute approximate surface area is 121 Å². The van der Waals surface area contributed by atoms with E-state index in [1.807, 2.05) is 31.2 Å². The highest BCUT2D eigenvalue weighted by Gasteiger charge is 2.20. The van der Waals surface area contributed by atoms with E-state index in [2.05, 4.69) is 0 Å². The first-order valence-corrected chi connectivity index (χ1v) is 7.08. The molecule has 0 N–H and O–H groups in total. The monoisotopic (exact) mass is 292 g/mol. The maximum Gasteiger partial charge on any atom is 0.178 e. The minimum Gasteiger partial charge on any atom is -0.293 e. The molecule has 1 nitrogen and oxygen atoms in total. The van der Waals surface area contributed by atoms with Gasteiger partial charge in [0.25, 0.3) is 0 Å². The Hall–Kier alpha value is -1.68. The molecule has 2 rings (SSSR count). The van der Waals surface area contributed by atoms with E-state index >= 15 is 0 Å². The number of Topliss-reactive ketones (excluding diaryl/α,β-unsaturated/α-hetero) is 1. The van der Waals surface area contributed by atoms with Crippen LogP contribution in [0, 0.1) is 18.6 Å². The van der Waals surface area contributed by atoms with Crippen LogP contribution in [-0.2, 0) is 0 Å². The lowest BCUT2D eigenvalue weighted by Gasteiger charge is -2.11. The van der Waals surface area contributed by atoms with Gasteiger partial charge in [0, 0.05) is 11.0 Å². The van der Waals surface area contributed by atoms with E-state index < -0.39 is 16.9 Å². The third-order valence-electron chi connectivity index (χ3n) is 2.90. The van der Waals surface area contributed by atoms with E-state index in [1.165, 1.54) is 17.8 Å². The van der Waals surface area contributed by atoms with E-state index in [4.69, 9.17) is 0 Å². The highest BCUT2D eigenvalue weighted by Crippen LogP contribution is 2.26. The Balaban J connectivity index is 2.14. The molecule has 0 bridgehead atoms. The molecule has 0 spiro atoms. The summed E-state index contributed by atoms with van der Waals surface area (Å²) < 4.78 is 26.4. The molecule has 0 amide bonds. The topological polar surface area (TPSA) is 17.1 Å². The van der Waals surface area contributed by atoms with Crippen LogP contribution in [0.2, 0.25) is 0 Å². The Kier molecular flexibility index (Phi) is 4.55. The fraction of sp³-hybridized carbons (Fsp3) is 0.188. The van der Waals surface area contributed by atoms with E-state index in [-0.39, 0.29) is 11.3 Å². The minimum atomic E-state index is -0.814. The molecule has 2 aromatic carbocycles. The molecule has 0 saturated carbocycles. The summed E-state index contributed by atoms with van der Waals surface area (Å²) >= 11 is 1.36. The Bertz CT molecular complexity index is 623. The van der Waals surface area contributed by atoms with Crippen LogP contribution in [-0.4, -0.2) is 11.0 Å². The molecule has 2 aromatic rings. The second-order valence-corrected chi connectivity index (χ2v) is 5.98. The van der Waals surface area contributed by atoms with Crippen molar-refractivity contribution in [1.82, 2.24) is 0 Å². The highest BCUT2D eigenvalue weighted by molar-refractivity contribution is 8.00. The second-order valence-electron chi connectivity index (χ2n) is 4.56. The molecule has 4 heteroatoms. The average Bonchev–Trinajstić information content (AvgIpc) is 2.40. The zero-order chi connectivity index (χ0) is 14.7. The van der Waals surface area contributed by atoms with Gasteiger partial charge in [0.2, 0.25) is 0 Å². The summed E-state index contributed by atoms with van der Waals surface area (Å²) in [5.41, 5.74) is 1.07. The SMILES string of the molecule is Cc1ccc(SC(C)C(=O)c2ccc(F)cc2F)cc1. The number of thioether (sulfide) groups is 1. The van der Waals surface area contributed by atoms with Gasteiger partial charge >= 0.3 is 0 Å². The molecule has 104 valence electrons. The molecular formula is C16H14F2OS. The van der Waals surface area contributed by atoms with Gasteiger partial charge in [-0.15, -0.1) is 11.8 Å². The van der Waals surface area contributed by atoms with Crippen molar-refractivity contribution in [2.45, 2.75) is 24.0 Å². The van der Waals surface area contributed by atoms with Crippen LogP contribution in [0.15, 0.2) is 47.4 Å². The number of ketones is 1. The number of hydrogen-bond acceptors (Lipinski definition) is 2. The zero-order valence-corrected chi connectivity index (χ0v) is 12.0. The maximum absolute atomic E-state index is 13.6. The molecule has 1 unspecified atom stereocenters. The van der Waals surface area contributed by atoms with Crippen LogP contribution in [0.25, 0.3) is 0 Å². The standard InChI is InChI=1S/C16H14F2OS/c1-10-3-6-13(7-4-10)20-11(2)16(19)14-8-5-12(17)9-15(14)18/h3-9,11H,1-2H3. The molecule has 0 heterocycles. The van der Waals surface area contributed by atoms with Crippen molar-refractivity contribution < 1.29 is 13.6 Å². The summed E-state index contributed by atoms with van der Waals surface area (Å²) in [7, 11) is 0. The van der Waals surface area contributed by atoms with Crippen molar-refractivity contribution in [3.63, 3.8) is 0 Å². The van der Waals surface area contributed by atoms with Gasteiger partial charge in [-0.2, -0.15) is 0 Å². The van der Waals surface area contributed by atoms with Gasteiger partial charge in [-0.05, 0) is 38.1 Å². The molecule has 0 aliphatic carbocycles. The molecule has 0 aromatic heterocycles. The largest absolute Gasteiger partial charge is 0.293 e. The third kappa shape index (κ3) is 3.45. The molecule has 0 aliphatic rings. The summed E-state index contributed by atoms with van der Waals surface area (Å²) in [6.07, 6.45) is 0. The first kappa shape index (κ1) is 14.7. The Morgan fingerprint density at radius 1 is 1.10 bits per heavy atom. The first-order valence-electron chi connectivity index (χ1n) is 6.20. The quantitative estimate of drug-likeness (QED) is 0.603. The second kappa shape index (κ2) is 6.18. The van der Waals surface area contributed by atoms with Crippen LogP contribution in [0.5, 0.6) is 0 Å². The number of hydrogen-bond donors (Lipinski definition) is 0. The summed E-state index contributed by atoms with van der Waals surface area (Å²) in [6.45, 7) is 3.70. The Morgan fingerprint density at radius 3 is 2.35 bits per heavy atom. The number of carbonyl (C=O) groups is 1. The van der Waals surface area contributed by atoms with Crippen LogP contribution >= 0.6 is 11.8 Å². The van der Waals surface area contributed by atoms with Crippen LogP contribution in [0.4, 0.5) is 8.78 Å². The van der Waals surface area contributed by atoms with Crippen molar-refractivity contribution in [1.29, 1.82) is 0 Å². The van der Waals surface area contributed by atoms with Gasteiger partial charge in [-0.25, -0.2) is 8.78 Å². The van der Waals surface area contributed by atoms with Crippen molar-refractivity contribution in [3.05, 3.63) is 65.2 Å². The number of halogens is 2. The molecule has 0 fully saturated rings. The maximum atomic E-state index is 13.6. The normalized spacial score (nSPS) is 12.2. The van der Waals surface area contributed by atoms with Crippen LogP contribution in [0.3, 0.4) is 0 Å². The summed E-state index contributed by atoms with van der Waals surface area (Å²) in [4.78, 5) is 13.1. The number of rotatable bonds is 4. The van der Waals surface area contributed by atoms with Crippen LogP contribution in [0.1, 0.15) is 22.8 Å². The van der Waals surface area contributed by atoms with Gasteiger partial charge in [0.15, 0.2) is 5.78 Å². The van der Waals surface area contributed by atoms with Crippen molar-refractivity contribution >= 4 is 17.5 Å². The smallest absolute Gasteiger partial charge is 0.178 e. The summed E-state index contributed by atoms with van der Waals surface area (Å²) in [5.74, 6) is -1.84. The van der Waals surface area contributed by atoms with Gasteiger partial charge < -0.3 is 0 Å². The predicted molar refractivity (Wildman–Crippen MR) is 77.2 cm³/mol. The van der Waals surface area contributed by atoms with Gasteiger partial charge in [0.1, 0.15) is 11.6 Å². The van der Waals surface area contributed by atoms with E-state index in [0.717, 1.165) is 22.6 Å². The lowest BCUT2D eigenvalue weighted by atomic mass is 10.1. The molecule has 0 saturated heterocycles. The zero-order valence-electron chi connectivity index (χ0n) is 11.2. The molecule has 0 aliphatic heterocycles. The van der Waals surface area contributed by atoms with Crippen LogP contribution < -0.4 is 0 Å². The van der Waals surface area contributed by atoms with Crippen molar-refractivity contribution in [3.8, 4) is 0 Å². The van der Waals surface area contributed by atoms with Crippen molar-refractivity contribution in [2.24, 2.45) is 0 Å². The van der Waals surface area contributed by atoms with Crippen molar-refractivity contribution in [2.75, 3.05) is 0 Å². The average molecular weight is 292 g/mol. The van der Waals surface area contributed by atoms with E-state index in [9.17, 15) is 13.6 Å². The molecule has 1 atom stereocenters. The fourth-order valence-electron chi connectivity index (χ4n) is 1.78. The summed E-state index contributed by atoms with van der Waals surface area (Å²) in [5, 5.41) is -0.433. The van der Waals surface area contributed by atoms with Gasteiger partial charge in [-0.1, -0.05) is 17.7 Å². The fourth-order valence-corrected chi connectivity index (χ4v) is 2.72. The number of aryl methyl sites for hydroxylation is 1.